The van der Waals surface area contributed by atoms with Gasteiger partial charge in [-0.1, -0.05) is 30.3 Å². The first-order valence-electron chi connectivity index (χ1n) is 7.75. The number of nitrogens with zero attached hydrogens (tertiary/aromatic N) is 3. The van der Waals surface area contributed by atoms with Crippen LogP contribution in [0.5, 0.6) is 0 Å². The molecule has 6 heteroatoms. The summed E-state index contributed by atoms with van der Waals surface area (Å²) in [5.41, 5.74) is 1.79. The number of likely N-dealkylation sites (N-methyl/N-ethyl adjacent to an activating group) is 1. The fraction of sp³-hybridized carbons (Fsp3) is 0.278. The quantitative estimate of drug-likeness (QED) is 0.726. The minimum Gasteiger partial charge on any atom is -0.478 e. The maximum Gasteiger partial charge on any atom is 0.328 e. The first kappa shape index (κ1) is 17.6. The molecule has 0 aliphatic heterocycles. The number of hydrogen-bond donors (Lipinski definition) is 2. The van der Waals surface area contributed by atoms with Gasteiger partial charge in [0.2, 0.25) is 0 Å². The molecule has 0 fully saturated rings. The summed E-state index contributed by atoms with van der Waals surface area (Å²) in [5.74, 6) is -0.336. The Morgan fingerprint density at radius 2 is 2.04 bits per heavy atom. The Bertz CT molecular complexity index is 671. The van der Waals surface area contributed by atoms with Crippen molar-refractivity contribution in [1.82, 2.24) is 14.9 Å². The van der Waals surface area contributed by atoms with Crippen molar-refractivity contribution in [2.75, 3.05) is 18.9 Å². The van der Waals surface area contributed by atoms with Crippen LogP contribution in [0.25, 0.3) is 6.08 Å². The van der Waals surface area contributed by atoms with E-state index in [2.05, 4.69) is 46.3 Å². The lowest BCUT2D eigenvalue weighted by Gasteiger charge is -2.22. The van der Waals surface area contributed by atoms with Gasteiger partial charge in [-0.2, -0.15) is 0 Å². The van der Waals surface area contributed by atoms with Gasteiger partial charge in [0.25, 0.3) is 0 Å². The standard InChI is InChI=1S/C18H22N4O2/c1-14(12-22(2)13-15-6-4-3-5-7-15)21-17-11-19-16(10-20-17)8-9-18(23)24/h3-11,14H,12-13H2,1-2H3,(H,20,21)(H,23,24)/b9-8+/t14-/m1/s1. The van der Waals surface area contributed by atoms with Crippen LogP contribution < -0.4 is 5.32 Å². The molecule has 6 nitrogen and oxygen atoms in total. The number of carboxylic acids is 1. The normalized spacial score (nSPS) is 12.5. The predicted octanol–water partition coefficient (Wildman–Crippen LogP) is 2.51. The van der Waals surface area contributed by atoms with Crippen molar-refractivity contribution < 1.29 is 9.90 Å². The third-order valence-electron chi connectivity index (χ3n) is 3.34. The minimum atomic E-state index is -1.01. The fourth-order valence-electron chi connectivity index (χ4n) is 2.38. The van der Waals surface area contributed by atoms with E-state index in [1.165, 1.54) is 11.6 Å². The highest BCUT2D eigenvalue weighted by Gasteiger charge is 2.08. The molecule has 126 valence electrons. The molecule has 0 bridgehead atoms. The average Bonchev–Trinajstić information content (AvgIpc) is 2.54. The summed E-state index contributed by atoms with van der Waals surface area (Å²) < 4.78 is 0. The van der Waals surface area contributed by atoms with Crippen LogP contribution in [-0.2, 0) is 11.3 Å². The van der Waals surface area contributed by atoms with Crippen molar-refractivity contribution in [2.24, 2.45) is 0 Å². The van der Waals surface area contributed by atoms with E-state index in [0.717, 1.165) is 19.2 Å². The van der Waals surface area contributed by atoms with Gasteiger partial charge in [-0.3, -0.25) is 4.98 Å². The molecule has 0 spiro atoms. The number of benzene rings is 1. The van der Waals surface area contributed by atoms with Crippen molar-refractivity contribution in [3.8, 4) is 0 Å². The predicted molar refractivity (Wildman–Crippen MR) is 94.6 cm³/mol. The average molecular weight is 326 g/mol. The zero-order valence-electron chi connectivity index (χ0n) is 13.9. The molecule has 2 rings (SSSR count). The van der Waals surface area contributed by atoms with Gasteiger partial charge in [0.1, 0.15) is 5.82 Å². The van der Waals surface area contributed by atoms with E-state index in [9.17, 15) is 4.79 Å². The smallest absolute Gasteiger partial charge is 0.328 e. The number of anilines is 1. The van der Waals surface area contributed by atoms with Crippen molar-refractivity contribution in [1.29, 1.82) is 0 Å². The first-order valence-corrected chi connectivity index (χ1v) is 7.75. The van der Waals surface area contributed by atoms with Crippen LogP contribution in [-0.4, -0.2) is 45.6 Å². The molecule has 0 aliphatic carbocycles. The molecule has 0 aliphatic rings. The van der Waals surface area contributed by atoms with Crippen molar-refractivity contribution in [2.45, 2.75) is 19.5 Å². The number of carbonyl (C=O) groups is 1. The van der Waals surface area contributed by atoms with Gasteiger partial charge in [-0.05, 0) is 25.6 Å². The van der Waals surface area contributed by atoms with Gasteiger partial charge in [0, 0.05) is 25.2 Å². The molecule has 0 unspecified atom stereocenters. The monoisotopic (exact) mass is 326 g/mol. The molecule has 1 aromatic heterocycles. The van der Waals surface area contributed by atoms with Crippen LogP contribution in [0.3, 0.4) is 0 Å². The van der Waals surface area contributed by atoms with Crippen molar-refractivity contribution >= 4 is 17.9 Å². The number of rotatable bonds is 8. The van der Waals surface area contributed by atoms with Crippen LogP contribution in [0, 0.1) is 0 Å². The summed E-state index contributed by atoms with van der Waals surface area (Å²) in [4.78, 5) is 21.1. The molecule has 0 radical (unpaired) electrons. The van der Waals surface area contributed by atoms with Gasteiger partial charge < -0.3 is 15.3 Å². The second kappa shape index (κ2) is 8.79. The summed E-state index contributed by atoms with van der Waals surface area (Å²) in [5, 5.41) is 11.9. The van der Waals surface area contributed by atoms with Gasteiger partial charge >= 0.3 is 5.97 Å². The molecule has 1 aromatic carbocycles. The molecule has 2 N–H and O–H groups in total. The van der Waals surface area contributed by atoms with Crippen LogP contribution >= 0.6 is 0 Å². The van der Waals surface area contributed by atoms with Crippen LogP contribution in [0.15, 0.2) is 48.8 Å². The molecule has 24 heavy (non-hydrogen) atoms. The molecule has 0 amide bonds. The number of nitrogens with one attached hydrogen (secondary N) is 1. The summed E-state index contributed by atoms with van der Waals surface area (Å²) in [6.45, 7) is 3.83. The summed E-state index contributed by atoms with van der Waals surface area (Å²) in [7, 11) is 2.08. The Morgan fingerprint density at radius 1 is 1.29 bits per heavy atom. The number of aliphatic carboxylic acids is 1. The minimum absolute atomic E-state index is 0.202. The molecular formula is C18H22N4O2. The fourth-order valence-corrected chi connectivity index (χ4v) is 2.38. The van der Waals surface area contributed by atoms with E-state index in [1.54, 1.807) is 12.4 Å². The van der Waals surface area contributed by atoms with Crippen LogP contribution in [0.1, 0.15) is 18.2 Å². The summed E-state index contributed by atoms with van der Waals surface area (Å²) in [6.07, 6.45) is 5.60. The zero-order valence-corrected chi connectivity index (χ0v) is 13.9. The Balaban J connectivity index is 1.83. The highest BCUT2D eigenvalue weighted by atomic mass is 16.4. The number of hydrogen-bond acceptors (Lipinski definition) is 5. The Morgan fingerprint density at radius 3 is 2.67 bits per heavy atom. The Hall–Kier alpha value is -2.73. The van der Waals surface area contributed by atoms with E-state index >= 15 is 0 Å². The SMILES string of the molecule is C[C@H](CN(C)Cc1ccccc1)Nc1cnc(/C=C/C(=O)O)cn1. The first-order chi connectivity index (χ1) is 11.5. The lowest BCUT2D eigenvalue weighted by molar-refractivity contribution is -0.131. The van der Waals surface area contributed by atoms with Crippen molar-refractivity contribution in [3.05, 3.63) is 60.1 Å². The van der Waals surface area contributed by atoms with Crippen molar-refractivity contribution in [3.63, 3.8) is 0 Å². The van der Waals surface area contributed by atoms with E-state index in [4.69, 9.17) is 5.11 Å². The zero-order chi connectivity index (χ0) is 17.4. The molecule has 2 aromatic rings. The van der Waals surface area contributed by atoms with Gasteiger partial charge in [0.05, 0.1) is 18.1 Å². The number of aromatic nitrogens is 2. The largest absolute Gasteiger partial charge is 0.478 e. The summed E-state index contributed by atoms with van der Waals surface area (Å²) >= 11 is 0. The van der Waals surface area contributed by atoms with Gasteiger partial charge in [-0.25, -0.2) is 9.78 Å². The topological polar surface area (TPSA) is 78.4 Å². The lowest BCUT2D eigenvalue weighted by atomic mass is 10.2. The molecule has 0 saturated carbocycles. The van der Waals surface area contributed by atoms with Gasteiger partial charge in [-0.15, -0.1) is 0 Å². The highest BCUT2D eigenvalue weighted by molar-refractivity contribution is 5.84. The lowest BCUT2D eigenvalue weighted by Crippen LogP contribution is -2.32. The van der Waals surface area contributed by atoms with E-state index in [1.807, 2.05) is 18.2 Å². The van der Waals surface area contributed by atoms with Crippen LogP contribution in [0.2, 0.25) is 0 Å². The van der Waals surface area contributed by atoms with Gasteiger partial charge in [0.15, 0.2) is 0 Å². The molecular weight excluding hydrogens is 304 g/mol. The van der Waals surface area contributed by atoms with E-state index < -0.39 is 5.97 Å². The maximum atomic E-state index is 10.5. The number of carboxylic acid groups (broad SMARTS) is 1. The van der Waals surface area contributed by atoms with E-state index in [0.29, 0.717) is 11.5 Å². The molecule has 1 heterocycles. The Kier molecular flexibility index (Phi) is 6.45. The second-order valence-corrected chi connectivity index (χ2v) is 5.73. The molecule has 0 saturated heterocycles. The van der Waals surface area contributed by atoms with E-state index in [-0.39, 0.29) is 6.04 Å². The summed E-state index contributed by atoms with van der Waals surface area (Å²) in [6, 6.07) is 10.5. The van der Waals surface area contributed by atoms with Crippen LogP contribution in [0.4, 0.5) is 5.82 Å². The molecule has 1 atom stereocenters. The maximum absolute atomic E-state index is 10.5. The third kappa shape index (κ3) is 6.18. The third-order valence-corrected chi connectivity index (χ3v) is 3.34. The Labute approximate surface area is 141 Å². The second-order valence-electron chi connectivity index (χ2n) is 5.73. The highest BCUT2D eigenvalue weighted by Crippen LogP contribution is 2.07.